The number of carbonyl (C=O) groups is 3. The first kappa shape index (κ1) is 20.4. The summed E-state index contributed by atoms with van der Waals surface area (Å²) >= 11 is 0. The van der Waals surface area contributed by atoms with Crippen LogP contribution in [-0.4, -0.2) is 46.7 Å². The fraction of sp³-hybridized carbons (Fsp3) is 0.591. The smallest absolute Gasteiger partial charge is 0.228 e. The normalized spacial score (nSPS) is 20.8. The average molecular weight is 386 g/mol. The van der Waals surface area contributed by atoms with Crippen molar-refractivity contribution in [3.8, 4) is 0 Å². The van der Waals surface area contributed by atoms with Gasteiger partial charge in [0.15, 0.2) is 0 Å². The molecule has 0 spiro atoms. The van der Waals surface area contributed by atoms with Crippen molar-refractivity contribution in [3.05, 3.63) is 35.9 Å². The maximum absolute atomic E-state index is 13.2. The molecule has 1 aliphatic carbocycles. The fourth-order valence-electron chi connectivity index (χ4n) is 4.39. The van der Waals surface area contributed by atoms with Crippen LogP contribution in [0.1, 0.15) is 56.9 Å². The van der Waals surface area contributed by atoms with E-state index in [1.165, 1.54) is 12.8 Å². The van der Waals surface area contributed by atoms with E-state index in [9.17, 15) is 14.4 Å². The van der Waals surface area contributed by atoms with Gasteiger partial charge in [0.25, 0.3) is 0 Å². The van der Waals surface area contributed by atoms with Crippen molar-refractivity contribution < 1.29 is 14.4 Å². The number of benzene rings is 1. The van der Waals surface area contributed by atoms with Gasteiger partial charge in [-0.15, -0.1) is 0 Å². The lowest BCUT2D eigenvalue weighted by Crippen LogP contribution is -2.40. The zero-order valence-corrected chi connectivity index (χ0v) is 16.5. The van der Waals surface area contributed by atoms with Gasteiger partial charge in [0, 0.05) is 38.5 Å². The van der Waals surface area contributed by atoms with Crippen LogP contribution in [0.25, 0.3) is 0 Å². The van der Waals surface area contributed by atoms with E-state index in [1.54, 1.807) is 4.90 Å². The highest BCUT2D eigenvalue weighted by Gasteiger charge is 2.39. The number of amides is 3. The summed E-state index contributed by atoms with van der Waals surface area (Å²) in [5, 5.41) is 0. The number of hydrogen-bond acceptors (Lipinski definition) is 3. The lowest BCUT2D eigenvalue weighted by atomic mass is 10.1. The Morgan fingerprint density at radius 2 is 1.75 bits per heavy atom. The molecule has 1 atom stereocenters. The van der Waals surface area contributed by atoms with Gasteiger partial charge in [-0.1, -0.05) is 56.0 Å². The molecule has 1 aromatic carbocycles. The number of hydrogen-bond donors (Lipinski definition) is 1. The van der Waals surface area contributed by atoms with Crippen molar-refractivity contribution in [3.63, 3.8) is 0 Å². The molecule has 1 saturated carbocycles. The maximum Gasteiger partial charge on any atom is 0.228 e. The Bertz CT molecular complexity index is 684. The average Bonchev–Trinajstić information content (AvgIpc) is 2.90. The molecule has 1 heterocycles. The van der Waals surface area contributed by atoms with Gasteiger partial charge in [-0.05, 0) is 18.4 Å². The van der Waals surface area contributed by atoms with E-state index in [0.29, 0.717) is 13.1 Å². The maximum atomic E-state index is 13.2. The van der Waals surface area contributed by atoms with E-state index < -0.39 is 5.91 Å². The number of nitrogens with two attached hydrogens (primary N) is 1. The number of nitrogens with zero attached hydrogens (tertiary/aromatic N) is 2. The van der Waals surface area contributed by atoms with Crippen LogP contribution in [0.15, 0.2) is 30.3 Å². The minimum absolute atomic E-state index is 0.0467. The lowest BCUT2D eigenvalue weighted by molar-refractivity contribution is -0.137. The molecule has 6 nitrogen and oxygen atoms in total. The Kier molecular flexibility index (Phi) is 7.06. The Morgan fingerprint density at radius 3 is 2.39 bits per heavy atom. The van der Waals surface area contributed by atoms with E-state index in [-0.39, 0.29) is 43.2 Å². The lowest BCUT2D eigenvalue weighted by Gasteiger charge is -2.28. The first-order valence-electron chi connectivity index (χ1n) is 10.4. The van der Waals surface area contributed by atoms with Gasteiger partial charge in [-0.3, -0.25) is 14.4 Å². The predicted octanol–water partition coefficient (Wildman–Crippen LogP) is 2.46. The molecule has 1 aliphatic heterocycles. The largest absolute Gasteiger partial charge is 0.370 e. The fourth-order valence-corrected chi connectivity index (χ4v) is 4.39. The van der Waals surface area contributed by atoms with Crippen LogP contribution in [0.2, 0.25) is 0 Å². The molecule has 3 amide bonds. The van der Waals surface area contributed by atoms with Crippen molar-refractivity contribution in [2.75, 3.05) is 13.1 Å². The monoisotopic (exact) mass is 385 g/mol. The molecule has 2 aliphatic rings. The van der Waals surface area contributed by atoms with Gasteiger partial charge in [-0.2, -0.15) is 0 Å². The molecule has 28 heavy (non-hydrogen) atoms. The van der Waals surface area contributed by atoms with E-state index in [4.69, 9.17) is 5.73 Å². The molecule has 1 unspecified atom stereocenters. The van der Waals surface area contributed by atoms with Crippen LogP contribution < -0.4 is 5.73 Å². The Hall–Kier alpha value is -2.37. The zero-order chi connectivity index (χ0) is 19.9. The molecular weight excluding hydrogens is 354 g/mol. The van der Waals surface area contributed by atoms with Crippen molar-refractivity contribution >= 4 is 17.7 Å². The van der Waals surface area contributed by atoms with Crippen LogP contribution in [0.4, 0.5) is 0 Å². The highest BCUT2D eigenvalue weighted by molar-refractivity contribution is 5.89. The first-order valence-corrected chi connectivity index (χ1v) is 10.4. The summed E-state index contributed by atoms with van der Waals surface area (Å²) in [6.07, 6.45) is 7.28. The van der Waals surface area contributed by atoms with E-state index in [1.807, 2.05) is 35.2 Å². The number of likely N-dealkylation sites (tertiary alicyclic amines) is 1. The molecule has 152 valence electrons. The summed E-state index contributed by atoms with van der Waals surface area (Å²) < 4.78 is 0. The van der Waals surface area contributed by atoms with Crippen LogP contribution >= 0.6 is 0 Å². The van der Waals surface area contributed by atoms with Crippen LogP contribution in [0, 0.1) is 5.92 Å². The molecule has 2 N–H and O–H groups in total. The van der Waals surface area contributed by atoms with Crippen molar-refractivity contribution in [2.45, 2.75) is 64.0 Å². The quantitative estimate of drug-likeness (QED) is 0.732. The van der Waals surface area contributed by atoms with Crippen LogP contribution in [0.3, 0.4) is 0 Å². The van der Waals surface area contributed by atoms with Crippen LogP contribution in [0.5, 0.6) is 0 Å². The van der Waals surface area contributed by atoms with Gasteiger partial charge < -0.3 is 15.5 Å². The van der Waals surface area contributed by atoms with E-state index in [2.05, 4.69) is 0 Å². The summed E-state index contributed by atoms with van der Waals surface area (Å²) in [6, 6.07) is 9.99. The molecule has 3 rings (SSSR count). The second-order valence-corrected chi connectivity index (χ2v) is 8.05. The van der Waals surface area contributed by atoms with Gasteiger partial charge in [0.2, 0.25) is 17.7 Å². The molecule has 0 bridgehead atoms. The highest BCUT2D eigenvalue weighted by atomic mass is 16.2. The Balaban J connectivity index is 1.67. The summed E-state index contributed by atoms with van der Waals surface area (Å²) in [6.45, 7) is 1.22. The van der Waals surface area contributed by atoms with Gasteiger partial charge in [0.05, 0.1) is 5.92 Å². The topological polar surface area (TPSA) is 83.7 Å². The van der Waals surface area contributed by atoms with Crippen molar-refractivity contribution in [1.29, 1.82) is 0 Å². The minimum atomic E-state index is -0.423. The van der Waals surface area contributed by atoms with E-state index in [0.717, 1.165) is 31.2 Å². The Morgan fingerprint density at radius 1 is 1.07 bits per heavy atom. The molecule has 6 heteroatoms. The summed E-state index contributed by atoms with van der Waals surface area (Å²) in [5.74, 6) is -0.699. The van der Waals surface area contributed by atoms with Gasteiger partial charge in [0.1, 0.15) is 0 Å². The minimum Gasteiger partial charge on any atom is -0.370 e. The predicted molar refractivity (Wildman–Crippen MR) is 107 cm³/mol. The molecule has 1 saturated heterocycles. The SMILES string of the molecule is NC(=O)CCN(Cc1ccccc1)C(=O)C1CC(=O)N(C2CCCCCC2)C1. The molecule has 0 radical (unpaired) electrons. The molecule has 2 fully saturated rings. The summed E-state index contributed by atoms with van der Waals surface area (Å²) in [4.78, 5) is 40.7. The summed E-state index contributed by atoms with van der Waals surface area (Å²) in [5.41, 5.74) is 6.31. The molecule has 1 aromatic rings. The third-order valence-corrected chi connectivity index (χ3v) is 5.93. The molecule has 0 aromatic heterocycles. The van der Waals surface area contributed by atoms with E-state index >= 15 is 0 Å². The van der Waals surface area contributed by atoms with Gasteiger partial charge >= 0.3 is 0 Å². The zero-order valence-electron chi connectivity index (χ0n) is 16.5. The number of primary amides is 1. The van der Waals surface area contributed by atoms with Gasteiger partial charge in [-0.25, -0.2) is 0 Å². The summed E-state index contributed by atoms with van der Waals surface area (Å²) in [7, 11) is 0. The third-order valence-electron chi connectivity index (χ3n) is 5.93. The number of rotatable bonds is 7. The number of carbonyl (C=O) groups excluding carboxylic acids is 3. The van der Waals surface area contributed by atoms with Crippen molar-refractivity contribution in [2.24, 2.45) is 11.7 Å². The first-order chi connectivity index (χ1) is 13.5. The second kappa shape index (κ2) is 9.71. The third kappa shape index (κ3) is 5.33. The standard InChI is InChI=1S/C22H31N3O3/c23-20(26)12-13-24(15-17-8-4-3-5-9-17)22(28)18-14-21(27)25(16-18)19-10-6-1-2-7-11-19/h3-5,8-9,18-19H,1-2,6-7,10-16H2,(H2,23,26). The van der Waals surface area contributed by atoms with Crippen LogP contribution in [-0.2, 0) is 20.9 Å². The van der Waals surface area contributed by atoms with Crippen molar-refractivity contribution in [1.82, 2.24) is 9.80 Å². The molecular formula is C22H31N3O3. The Labute approximate surface area is 167 Å². The second-order valence-electron chi connectivity index (χ2n) is 8.05. The highest BCUT2D eigenvalue weighted by Crippen LogP contribution is 2.29.